The third kappa shape index (κ3) is 5.99. The Morgan fingerprint density at radius 3 is 2.48 bits per heavy atom. The van der Waals surface area contributed by atoms with E-state index in [-0.39, 0.29) is 24.4 Å². The van der Waals surface area contributed by atoms with Crippen molar-refractivity contribution in [3.05, 3.63) is 59.7 Å². The maximum atomic E-state index is 12.5. The van der Waals surface area contributed by atoms with Crippen molar-refractivity contribution in [2.45, 2.75) is 32.2 Å². The lowest BCUT2D eigenvalue weighted by Crippen LogP contribution is -2.33. The van der Waals surface area contributed by atoms with Crippen molar-refractivity contribution >= 4 is 46.6 Å². The fourth-order valence-electron chi connectivity index (χ4n) is 2.95. The maximum absolute atomic E-state index is 12.5. The van der Waals surface area contributed by atoms with Gasteiger partial charge in [-0.2, -0.15) is 5.26 Å². The van der Waals surface area contributed by atoms with Gasteiger partial charge < -0.3 is 10.2 Å². The first-order valence-corrected chi connectivity index (χ1v) is 10.3. The summed E-state index contributed by atoms with van der Waals surface area (Å²) >= 11 is 1.65. The Balaban J connectivity index is 0.00000300. The van der Waals surface area contributed by atoms with E-state index in [4.69, 9.17) is 5.26 Å². The summed E-state index contributed by atoms with van der Waals surface area (Å²) in [4.78, 5) is 19.2. The molecular weight excluding hydrogens is 404 g/mol. The molecule has 0 spiro atoms. The zero-order valence-electron chi connectivity index (χ0n) is 16.8. The lowest BCUT2D eigenvalue weighted by Gasteiger charge is -2.20. The van der Waals surface area contributed by atoms with E-state index in [0.29, 0.717) is 17.9 Å². The summed E-state index contributed by atoms with van der Waals surface area (Å²) in [6, 6.07) is 17.4. The van der Waals surface area contributed by atoms with E-state index in [1.807, 2.05) is 31.3 Å². The number of carbonyl (C=O) groups is 1. The van der Waals surface area contributed by atoms with Crippen LogP contribution in [0.25, 0.3) is 0 Å². The van der Waals surface area contributed by atoms with Gasteiger partial charge in [0.1, 0.15) is 0 Å². The summed E-state index contributed by atoms with van der Waals surface area (Å²) in [5, 5.41) is 12.8. The summed E-state index contributed by atoms with van der Waals surface area (Å²) < 4.78 is 0. The first-order chi connectivity index (χ1) is 13.5. The highest BCUT2D eigenvalue weighted by Gasteiger charge is 2.29. The van der Waals surface area contributed by atoms with Gasteiger partial charge in [0.15, 0.2) is 5.17 Å². The van der Waals surface area contributed by atoms with Crippen LogP contribution >= 0.6 is 24.2 Å². The molecule has 2 aromatic carbocycles. The van der Waals surface area contributed by atoms with Crippen molar-refractivity contribution in [2.75, 3.05) is 18.1 Å². The van der Waals surface area contributed by atoms with Crippen LogP contribution in [0.2, 0.25) is 0 Å². The standard InChI is InChI=1S/C22H24N4OS.ClH/c1-15(2)17-6-10-18(11-7-17)24-21(27)12-20-14-28-22(26(20)3)25-19-8-4-16(13-23)5-9-19;/h4-11,15,20H,12,14H2,1-3H3,(H,24,27);1H. The molecule has 0 aromatic heterocycles. The Morgan fingerprint density at radius 1 is 1.24 bits per heavy atom. The van der Waals surface area contributed by atoms with Crippen molar-refractivity contribution in [1.29, 1.82) is 5.26 Å². The molecular formula is C22H25ClN4OS. The van der Waals surface area contributed by atoms with Crippen LogP contribution in [0.5, 0.6) is 0 Å². The van der Waals surface area contributed by atoms with Crippen LogP contribution in [0.4, 0.5) is 11.4 Å². The molecule has 152 valence electrons. The molecule has 3 rings (SSSR count). The average molecular weight is 429 g/mol. The van der Waals surface area contributed by atoms with Crippen LogP contribution in [0.3, 0.4) is 0 Å². The van der Waals surface area contributed by atoms with E-state index >= 15 is 0 Å². The zero-order valence-corrected chi connectivity index (χ0v) is 18.4. The number of amides is 1. The predicted molar refractivity (Wildman–Crippen MR) is 123 cm³/mol. The van der Waals surface area contributed by atoms with Gasteiger partial charge in [0.25, 0.3) is 0 Å². The summed E-state index contributed by atoms with van der Waals surface area (Å²) in [7, 11) is 1.97. The number of rotatable bonds is 5. The second-order valence-corrected chi connectivity index (χ2v) is 8.14. The van der Waals surface area contributed by atoms with Gasteiger partial charge in [-0.25, -0.2) is 4.99 Å². The minimum atomic E-state index is 0. The summed E-state index contributed by atoms with van der Waals surface area (Å²) in [5.41, 5.74) is 3.51. The van der Waals surface area contributed by atoms with Crippen LogP contribution in [0, 0.1) is 11.3 Å². The quantitative estimate of drug-likeness (QED) is 0.713. The minimum Gasteiger partial charge on any atom is -0.350 e. The molecule has 1 amide bonds. The van der Waals surface area contributed by atoms with E-state index in [0.717, 1.165) is 22.3 Å². The number of aliphatic imine (C=N–C) groups is 1. The van der Waals surface area contributed by atoms with E-state index in [9.17, 15) is 4.79 Å². The smallest absolute Gasteiger partial charge is 0.226 e. The Bertz CT molecular complexity index is 904. The molecule has 5 nitrogen and oxygen atoms in total. The van der Waals surface area contributed by atoms with Gasteiger partial charge in [-0.3, -0.25) is 4.79 Å². The number of amidine groups is 1. The predicted octanol–water partition coefficient (Wildman–Crippen LogP) is 5.17. The highest BCUT2D eigenvalue weighted by molar-refractivity contribution is 8.14. The number of nitrogens with one attached hydrogen (secondary N) is 1. The number of hydrogen-bond acceptors (Lipinski definition) is 4. The summed E-state index contributed by atoms with van der Waals surface area (Å²) in [6.07, 6.45) is 0.418. The Kier molecular flexibility index (Phi) is 8.12. The van der Waals surface area contributed by atoms with Gasteiger partial charge in [-0.05, 0) is 47.9 Å². The SMILES string of the molecule is CC(C)c1ccc(NC(=O)CC2CSC(=Nc3ccc(C#N)cc3)N2C)cc1.Cl. The molecule has 29 heavy (non-hydrogen) atoms. The van der Waals surface area contributed by atoms with Crippen molar-refractivity contribution in [3.8, 4) is 6.07 Å². The summed E-state index contributed by atoms with van der Waals surface area (Å²) in [6.45, 7) is 4.30. The van der Waals surface area contributed by atoms with Crippen LogP contribution in [0.15, 0.2) is 53.5 Å². The molecule has 1 aliphatic heterocycles. The zero-order chi connectivity index (χ0) is 20.1. The molecule has 1 unspecified atom stereocenters. The van der Waals surface area contributed by atoms with Crippen molar-refractivity contribution in [2.24, 2.45) is 4.99 Å². The molecule has 1 N–H and O–H groups in total. The molecule has 2 aromatic rings. The fourth-order valence-corrected chi connectivity index (χ4v) is 4.15. The molecule has 0 saturated carbocycles. The first-order valence-electron chi connectivity index (χ1n) is 9.30. The first kappa shape index (κ1) is 22.8. The van der Waals surface area contributed by atoms with Crippen molar-refractivity contribution < 1.29 is 4.79 Å². The number of nitriles is 1. The minimum absolute atomic E-state index is 0. The number of anilines is 1. The molecule has 1 heterocycles. The van der Waals surface area contributed by atoms with Gasteiger partial charge >= 0.3 is 0 Å². The van der Waals surface area contributed by atoms with Gasteiger partial charge in [-0.1, -0.05) is 37.7 Å². The molecule has 1 saturated heterocycles. The Morgan fingerprint density at radius 2 is 1.90 bits per heavy atom. The number of thioether (sulfide) groups is 1. The number of hydrogen-bond donors (Lipinski definition) is 1. The number of nitrogens with zero attached hydrogens (tertiary/aromatic N) is 3. The van der Waals surface area contributed by atoms with E-state index < -0.39 is 0 Å². The van der Waals surface area contributed by atoms with Crippen molar-refractivity contribution in [3.63, 3.8) is 0 Å². The van der Waals surface area contributed by atoms with Crippen molar-refractivity contribution in [1.82, 2.24) is 4.90 Å². The normalized spacial score (nSPS) is 17.1. The largest absolute Gasteiger partial charge is 0.350 e. The van der Waals surface area contributed by atoms with Gasteiger partial charge in [0, 0.05) is 31.0 Å². The van der Waals surface area contributed by atoms with Crippen LogP contribution in [-0.4, -0.2) is 34.8 Å². The Hall–Kier alpha value is -2.49. The fraction of sp³-hybridized carbons (Fsp3) is 0.318. The highest BCUT2D eigenvalue weighted by Crippen LogP contribution is 2.28. The van der Waals surface area contributed by atoms with Crippen LogP contribution in [0.1, 0.15) is 37.3 Å². The summed E-state index contributed by atoms with van der Waals surface area (Å²) in [5.74, 6) is 1.31. The molecule has 7 heteroatoms. The lowest BCUT2D eigenvalue weighted by atomic mass is 10.0. The number of benzene rings is 2. The number of halogens is 1. The molecule has 1 fully saturated rings. The third-order valence-electron chi connectivity index (χ3n) is 4.76. The monoisotopic (exact) mass is 428 g/mol. The molecule has 0 aliphatic carbocycles. The van der Waals surface area contributed by atoms with Gasteiger partial charge in [0.2, 0.25) is 5.91 Å². The molecule has 0 radical (unpaired) electrons. The van der Waals surface area contributed by atoms with E-state index in [1.54, 1.807) is 23.9 Å². The van der Waals surface area contributed by atoms with Crippen LogP contribution in [-0.2, 0) is 4.79 Å². The second kappa shape index (κ2) is 10.3. The average Bonchev–Trinajstić information content (AvgIpc) is 3.02. The number of carbonyl (C=O) groups excluding carboxylic acids is 1. The third-order valence-corrected chi connectivity index (χ3v) is 5.95. The second-order valence-electron chi connectivity index (χ2n) is 7.16. The van der Waals surface area contributed by atoms with E-state index in [2.05, 4.69) is 47.3 Å². The highest BCUT2D eigenvalue weighted by atomic mass is 35.5. The maximum Gasteiger partial charge on any atom is 0.226 e. The van der Waals surface area contributed by atoms with Gasteiger partial charge in [-0.15, -0.1) is 12.4 Å². The lowest BCUT2D eigenvalue weighted by molar-refractivity contribution is -0.116. The van der Waals surface area contributed by atoms with Gasteiger partial charge in [0.05, 0.1) is 17.3 Å². The molecule has 1 aliphatic rings. The Labute approximate surface area is 182 Å². The van der Waals surface area contributed by atoms with Crippen LogP contribution < -0.4 is 5.32 Å². The molecule has 1 atom stereocenters. The topological polar surface area (TPSA) is 68.5 Å². The van der Waals surface area contributed by atoms with E-state index in [1.165, 1.54) is 5.56 Å². The molecule has 0 bridgehead atoms.